The first-order chi connectivity index (χ1) is 4.74. The summed E-state index contributed by atoms with van der Waals surface area (Å²) in [5.41, 5.74) is 0.452. The highest BCUT2D eigenvalue weighted by Crippen LogP contribution is 2.11. The molecule has 54 valence electrons. The lowest BCUT2D eigenvalue weighted by Crippen LogP contribution is -1.90. The van der Waals surface area contributed by atoms with Crippen LogP contribution in [-0.4, -0.2) is 4.98 Å². The highest BCUT2D eigenvalue weighted by atomic mass is 127. The summed E-state index contributed by atoms with van der Waals surface area (Å²) in [5, 5.41) is 0. The highest BCUT2D eigenvalue weighted by Gasteiger charge is 2.00. The Morgan fingerprint density at radius 3 is 2.90 bits per heavy atom. The Labute approximate surface area is 76.7 Å². The fourth-order valence-corrected chi connectivity index (χ4v) is 1.26. The van der Waals surface area contributed by atoms with Crippen LogP contribution >= 0.6 is 34.2 Å². The third kappa shape index (κ3) is 1.79. The molecule has 1 aromatic rings. The van der Waals surface area contributed by atoms with Crippen LogP contribution in [0.2, 0.25) is 0 Å². The molecule has 1 nitrogen and oxygen atoms in total. The number of pyridine rings is 1. The zero-order valence-electron chi connectivity index (χ0n) is 4.94. The van der Waals surface area contributed by atoms with Gasteiger partial charge in [-0.2, -0.15) is 4.39 Å². The van der Waals surface area contributed by atoms with Crippen LogP contribution < -0.4 is 0 Å². The Morgan fingerprint density at radius 2 is 2.40 bits per heavy atom. The predicted octanol–water partition coefficient (Wildman–Crippen LogP) is 2.56. The molecule has 1 rings (SSSR count). The van der Waals surface area contributed by atoms with Gasteiger partial charge >= 0.3 is 0 Å². The molecule has 0 unspecified atom stereocenters. The molecule has 0 bridgehead atoms. The Kier molecular flexibility index (Phi) is 2.85. The molecule has 1 aromatic heterocycles. The van der Waals surface area contributed by atoms with Gasteiger partial charge in [0.15, 0.2) is 0 Å². The molecule has 0 radical (unpaired) electrons. The molecule has 0 spiro atoms. The van der Waals surface area contributed by atoms with Crippen LogP contribution in [0.4, 0.5) is 4.39 Å². The van der Waals surface area contributed by atoms with Crippen molar-refractivity contribution in [3.05, 3.63) is 27.3 Å². The number of hydrogen-bond acceptors (Lipinski definition) is 1. The van der Waals surface area contributed by atoms with Crippen molar-refractivity contribution in [1.82, 2.24) is 4.98 Å². The maximum Gasteiger partial charge on any atom is 0.217 e. The normalized spacial score (nSPS) is 9.90. The largest absolute Gasteiger partial charge is 0.227 e. The summed E-state index contributed by atoms with van der Waals surface area (Å²) in [6, 6.07) is 1.68. The van der Waals surface area contributed by atoms with Gasteiger partial charge in [-0.05, 0) is 28.7 Å². The third-order valence-corrected chi connectivity index (χ3v) is 1.90. The van der Waals surface area contributed by atoms with E-state index in [9.17, 15) is 4.39 Å². The van der Waals surface area contributed by atoms with Gasteiger partial charge in [-0.25, -0.2) is 4.98 Å². The average molecular weight is 271 g/mol. The molecule has 0 aliphatic heterocycles. The van der Waals surface area contributed by atoms with Crippen molar-refractivity contribution in [1.29, 1.82) is 0 Å². The van der Waals surface area contributed by atoms with Crippen molar-refractivity contribution in [2.75, 3.05) is 0 Å². The minimum Gasteiger partial charge on any atom is -0.227 e. The predicted molar refractivity (Wildman–Crippen MR) is 46.5 cm³/mol. The lowest BCUT2D eigenvalue weighted by atomic mass is 10.3. The van der Waals surface area contributed by atoms with E-state index in [1.165, 1.54) is 6.20 Å². The summed E-state index contributed by atoms with van der Waals surface area (Å²) in [7, 11) is 0. The second-order valence-electron chi connectivity index (χ2n) is 1.74. The van der Waals surface area contributed by atoms with E-state index in [1.807, 2.05) is 0 Å². The van der Waals surface area contributed by atoms with Crippen LogP contribution in [0.15, 0.2) is 12.3 Å². The van der Waals surface area contributed by atoms with Gasteiger partial charge in [0.25, 0.3) is 0 Å². The molecule has 0 saturated carbocycles. The number of nitrogens with zero attached hydrogens (tertiary/aromatic N) is 1. The van der Waals surface area contributed by atoms with E-state index in [-0.39, 0.29) is 5.88 Å². The third-order valence-electron chi connectivity index (χ3n) is 1.02. The number of alkyl halides is 1. The molecule has 0 amide bonds. The van der Waals surface area contributed by atoms with Gasteiger partial charge in [0.1, 0.15) is 0 Å². The summed E-state index contributed by atoms with van der Waals surface area (Å²) in [6.07, 6.45) is 1.46. The van der Waals surface area contributed by atoms with E-state index in [0.717, 1.165) is 3.57 Å². The summed E-state index contributed by atoms with van der Waals surface area (Å²) in [4.78, 5) is 3.49. The van der Waals surface area contributed by atoms with Gasteiger partial charge in [0.05, 0.1) is 5.88 Å². The van der Waals surface area contributed by atoms with Crippen molar-refractivity contribution in [3.63, 3.8) is 0 Å². The van der Waals surface area contributed by atoms with Gasteiger partial charge in [-0.1, -0.05) is 0 Å². The summed E-state index contributed by atoms with van der Waals surface area (Å²) >= 11 is 7.48. The maximum absolute atomic E-state index is 12.6. The fourth-order valence-electron chi connectivity index (χ4n) is 0.558. The highest BCUT2D eigenvalue weighted by molar-refractivity contribution is 14.1. The summed E-state index contributed by atoms with van der Waals surface area (Å²) < 4.78 is 13.5. The maximum atomic E-state index is 12.6. The quantitative estimate of drug-likeness (QED) is 0.435. The van der Waals surface area contributed by atoms with Crippen LogP contribution in [0.1, 0.15) is 5.56 Å². The number of aromatic nitrogens is 1. The standard InChI is InChI=1S/C6H4ClFIN/c7-2-4-1-5(9)3-10-6(4)8/h1,3H,2H2. The van der Waals surface area contributed by atoms with E-state index in [4.69, 9.17) is 11.6 Å². The van der Waals surface area contributed by atoms with Crippen molar-refractivity contribution < 1.29 is 4.39 Å². The number of halogens is 3. The molecule has 10 heavy (non-hydrogen) atoms. The molecule has 4 heteroatoms. The summed E-state index contributed by atoms with van der Waals surface area (Å²) in [6.45, 7) is 0. The second-order valence-corrected chi connectivity index (χ2v) is 3.25. The van der Waals surface area contributed by atoms with E-state index >= 15 is 0 Å². The molecule has 0 aromatic carbocycles. The number of hydrogen-bond donors (Lipinski definition) is 0. The van der Waals surface area contributed by atoms with Gasteiger partial charge < -0.3 is 0 Å². The molecular formula is C6H4ClFIN. The Hall–Kier alpha value is 0.1000. The smallest absolute Gasteiger partial charge is 0.217 e. The zero-order valence-corrected chi connectivity index (χ0v) is 7.86. The molecule has 0 N–H and O–H groups in total. The zero-order chi connectivity index (χ0) is 7.56. The first-order valence-electron chi connectivity index (χ1n) is 2.60. The van der Waals surface area contributed by atoms with Crippen LogP contribution in [-0.2, 0) is 5.88 Å². The first kappa shape index (κ1) is 8.20. The van der Waals surface area contributed by atoms with E-state index in [2.05, 4.69) is 27.6 Å². The minimum atomic E-state index is -0.476. The van der Waals surface area contributed by atoms with Crippen LogP contribution in [0.25, 0.3) is 0 Å². The molecule has 0 saturated heterocycles. The minimum absolute atomic E-state index is 0.176. The number of rotatable bonds is 1. The van der Waals surface area contributed by atoms with E-state index < -0.39 is 5.95 Å². The average Bonchev–Trinajstić information content (AvgIpc) is 1.94. The lowest BCUT2D eigenvalue weighted by molar-refractivity contribution is 0.572. The van der Waals surface area contributed by atoms with Crippen LogP contribution in [0, 0.1) is 9.52 Å². The van der Waals surface area contributed by atoms with E-state index in [1.54, 1.807) is 6.07 Å². The topological polar surface area (TPSA) is 12.9 Å². The Bertz CT molecular complexity index is 241. The van der Waals surface area contributed by atoms with Gasteiger partial charge in [0.2, 0.25) is 5.95 Å². The fraction of sp³-hybridized carbons (Fsp3) is 0.167. The first-order valence-corrected chi connectivity index (χ1v) is 4.21. The van der Waals surface area contributed by atoms with Gasteiger partial charge in [0, 0.05) is 15.3 Å². The van der Waals surface area contributed by atoms with Crippen molar-refractivity contribution >= 4 is 34.2 Å². The molecular weight excluding hydrogens is 267 g/mol. The molecule has 1 heterocycles. The SMILES string of the molecule is Fc1ncc(I)cc1CCl. The van der Waals surface area contributed by atoms with Gasteiger partial charge in [-0.15, -0.1) is 11.6 Å². The summed E-state index contributed by atoms with van der Waals surface area (Å²) in [5.74, 6) is -0.300. The van der Waals surface area contributed by atoms with E-state index in [0.29, 0.717) is 5.56 Å². The molecule has 0 aliphatic carbocycles. The van der Waals surface area contributed by atoms with Gasteiger partial charge in [-0.3, -0.25) is 0 Å². The van der Waals surface area contributed by atoms with Crippen LogP contribution in [0.3, 0.4) is 0 Å². The Morgan fingerprint density at radius 1 is 1.70 bits per heavy atom. The molecule has 0 fully saturated rings. The Balaban J connectivity index is 3.09. The molecule has 0 atom stereocenters. The van der Waals surface area contributed by atoms with Crippen molar-refractivity contribution in [3.8, 4) is 0 Å². The lowest BCUT2D eigenvalue weighted by Gasteiger charge is -1.95. The molecule has 0 aliphatic rings. The van der Waals surface area contributed by atoms with Crippen molar-refractivity contribution in [2.45, 2.75) is 5.88 Å². The van der Waals surface area contributed by atoms with Crippen LogP contribution in [0.5, 0.6) is 0 Å². The van der Waals surface area contributed by atoms with Crippen molar-refractivity contribution in [2.24, 2.45) is 0 Å². The monoisotopic (exact) mass is 271 g/mol. The second kappa shape index (κ2) is 3.48.